The predicted molar refractivity (Wildman–Crippen MR) is 105 cm³/mol. The number of aromatic hydroxyl groups is 1. The van der Waals surface area contributed by atoms with Crippen molar-refractivity contribution < 1.29 is 24.2 Å². The van der Waals surface area contributed by atoms with E-state index < -0.39 is 17.7 Å². The monoisotopic (exact) mass is 392 g/mol. The van der Waals surface area contributed by atoms with Crippen LogP contribution in [0.25, 0.3) is 6.08 Å². The van der Waals surface area contributed by atoms with Crippen LogP contribution in [0, 0.1) is 0 Å². The van der Waals surface area contributed by atoms with Crippen molar-refractivity contribution in [1.29, 1.82) is 0 Å². The molecule has 0 aromatic heterocycles. The average molecular weight is 392 g/mol. The molecule has 1 heterocycles. The summed E-state index contributed by atoms with van der Waals surface area (Å²) < 4.78 is 10.9. The Balaban J connectivity index is 1.53. The fourth-order valence-corrected chi connectivity index (χ4v) is 3.45. The van der Waals surface area contributed by atoms with Crippen LogP contribution in [-0.4, -0.2) is 22.8 Å². The fraction of sp³-hybridized carbons (Fsp3) is 0.273. The molecule has 0 radical (unpaired) electrons. The molecule has 4 rings (SSSR count). The van der Waals surface area contributed by atoms with E-state index in [2.05, 4.69) is 10.2 Å². The molecule has 1 saturated carbocycles. The maximum absolute atomic E-state index is 12.4. The van der Waals surface area contributed by atoms with E-state index in [1.807, 2.05) is 30.3 Å². The SMILES string of the molecule is O=C1OC2(CCCCC2)OC(=O)C1=Cc1ccc(N=Nc2ccccc2)cc1O. The molecule has 2 aromatic carbocycles. The molecule has 2 fully saturated rings. The highest BCUT2D eigenvalue weighted by Gasteiger charge is 2.46. The molecule has 2 aromatic rings. The van der Waals surface area contributed by atoms with Crippen LogP contribution in [0.2, 0.25) is 0 Å². The van der Waals surface area contributed by atoms with E-state index in [0.717, 1.165) is 19.3 Å². The molecule has 1 aliphatic heterocycles. The number of phenols is 1. The Hall–Kier alpha value is -3.48. The summed E-state index contributed by atoms with van der Waals surface area (Å²) >= 11 is 0. The lowest BCUT2D eigenvalue weighted by molar-refractivity contribution is -0.244. The second-order valence-electron chi connectivity index (χ2n) is 7.09. The lowest BCUT2D eigenvalue weighted by Crippen LogP contribution is -2.47. The fourth-order valence-electron chi connectivity index (χ4n) is 3.45. The zero-order chi connectivity index (χ0) is 20.3. The molecule has 1 N–H and O–H groups in total. The number of carbonyl (C=O) groups is 2. The van der Waals surface area contributed by atoms with Crippen LogP contribution in [0.5, 0.6) is 5.75 Å². The maximum Gasteiger partial charge on any atom is 0.348 e. The smallest absolute Gasteiger partial charge is 0.348 e. The summed E-state index contributed by atoms with van der Waals surface area (Å²) in [6.07, 6.45) is 5.03. The van der Waals surface area contributed by atoms with E-state index in [4.69, 9.17) is 9.47 Å². The number of rotatable bonds is 3. The first-order valence-electron chi connectivity index (χ1n) is 9.53. The summed E-state index contributed by atoms with van der Waals surface area (Å²) in [6.45, 7) is 0. The van der Waals surface area contributed by atoms with Crippen molar-refractivity contribution in [2.75, 3.05) is 0 Å². The molecule has 0 bridgehead atoms. The van der Waals surface area contributed by atoms with E-state index >= 15 is 0 Å². The second kappa shape index (κ2) is 7.87. The predicted octanol–water partition coefficient (Wildman–Crippen LogP) is 4.95. The van der Waals surface area contributed by atoms with Gasteiger partial charge in [-0.15, -0.1) is 0 Å². The summed E-state index contributed by atoms with van der Waals surface area (Å²) in [4.78, 5) is 24.8. The quantitative estimate of drug-likeness (QED) is 0.345. The minimum absolute atomic E-state index is 0.138. The van der Waals surface area contributed by atoms with E-state index in [1.165, 1.54) is 12.1 Å². The Morgan fingerprint density at radius 1 is 0.862 bits per heavy atom. The van der Waals surface area contributed by atoms with Crippen molar-refractivity contribution in [2.45, 2.75) is 37.9 Å². The standard InChI is InChI=1S/C22H20N2O5/c25-19-14-17(24-23-16-7-3-1-4-8-16)10-9-15(19)13-18-20(26)28-22(29-21(18)27)11-5-2-6-12-22/h1,3-4,7-10,13-14,25H,2,5-6,11-12H2. The summed E-state index contributed by atoms with van der Waals surface area (Å²) in [7, 11) is 0. The summed E-state index contributed by atoms with van der Waals surface area (Å²) in [6, 6.07) is 13.8. The number of esters is 2. The van der Waals surface area contributed by atoms with Gasteiger partial charge in [0.1, 0.15) is 11.3 Å². The first kappa shape index (κ1) is 18.9. The summed E-state index contributed by atoms with van der Waals surface area (Å²) in [5.41, 5.74) is 1.16. The third kappa shape index (κ3) is 4.18. The Bertz CT molecular complexity index is 970. The minimum Gasteiger partial charge on any atom is -0.507 e. The Labute approximate surface area is 167 Å². The molecule has 148 valence electrons. The average Bonchev–Trinajstić information content (AvgIpc) is 2.72. The molecule has 7 nitrogen and oxygen atoms in total. The van der Waals surface area contributed by atoms with E-state index in [-0.39, 0.29) is 16.9 Å². The van der Waals surface area contributed by atoms with Crippen molar-refractivity contribution in [1.82, 2.24) is 0 Å². The summed E-state index contributed by atoms with van der Waals surface area (Å²) in [5.74, 6) is -2.72. The van der Waals surface area contributed by atoms with Crippen molar-refractivity contribution in [3.05, 3.63) is 59.7 Å². The van der Waals surface area contributed by atoms with Gasteiger partial charge in [-0.2, -0.15) is 10.2 Å². The zero-order valence-corrected chi connectivity index (χ0v) is 15.7. The van der Waals surface area contributed by atoms with Crippen LogP contribution < -0.4 is 0 Å². The van der Waals surface area contributed by atoms with Gasteiger partial charge in [0.15, 0.2) is 0 Å². The van der Waals surface area contributed by atoms with Crippen LogP contribution in [0.3, 0.4) is 0 Å². The highest BCUT2D eigenvalue weighted by Crippen LogP contribution is 2.38. The number of hydrogen-bond donors (Lipinski definition) is 1. The molecule has 7 heteroatoms. The molecule has 1 spiro atoms. The number of benzene rings is 2. The molecule has 0 amide bonds. The van der Waals surface area contributed by atoms with Crippen LogP contribution >= 0.6 is 0 Å². The number of phenolic OH excluding ortho intramolecular Hbond substituents is 1. The van der Waals surface area contributed by atoms with Gasteiger partial charge in [-0.3, -0.25) is 0 Å². The number of hydrogen-bond acceptors (Lipinski definition) is 7. The normalized spacial score (nSPS) is 18.6. The second-order valence-corrected chi connectivity index (χ2v) is 7.09. The minimum atomic E-state index is -1.13. The highest BCUT2D eigenvalue weighted by atomic mass is 16.7. The van der Waals surface area contributed by atoms with Crippen LogP contribution in [0.4, 0.5) is 11.4 Å². The highest BCUT2D eigenvalue weighted by molar-refractivity contribution is 6.19. The third-order valence-electron chi connectivity index (χ3n) is 4.96. The molecule has 29 heavy (non-hydrogen) atoms. The van der Waals surface area contributed by atoms with Crippen molar-refractivity contribution >= 4 is 29.4 Å². The van der Waals surface area contributed by atoms with Gasteiger partial charge in [0, 0.05) is 24.5 Å². The summed E-state index contributed by atoms with van der Waals surface area (Å²) in [5, 5.41) is 18.4. The Morgan fingerprint density at radius 3 is 2.17 bits per heavy atom. The molecule has 1 aliphatic carbocycles. The lowest BCUT2D eigenvalue weighted by Gasteiger charge is -2.38. The van der Waals surface area contributed by atoms with E-state index in [0.29, 0.717) is 24.2 Å². The molecule has 2 aliphatic rings. The van der Waals surface area contributed by atoms with Gasteiger partial charge >= 0.3 is 11.9 Å². The maximum atomic E-state index is 12.4. The Morgan fingerprint density at radius 2 is 1.52 bits per heavy atom. The van der Waals surface area contributed by atoms with Crippen molar-refractivity contribution in [2.24, 2.45) is 10.2 Å². The lowest BCUT2D eigenvalue weighted by atomic mass is 9.93. The van der Waals surface area contributed by atoms with Gasteiger partial charge in [0.05, 0.1) is 11.4 Å². The van der Waals surface area contributed by atoms with Gasteiger partial charge in [-0.1, -0.05) is 24.6 Å². The number of ether oxygens (including phenoxy) is 2. The topological polar surface area (TPSA) is 97.6 Å². The first-order chi connectivity index (χ1) is 14.0. The van der Waals surface area contributed by atoms with Crippen LogP contribution in [-0.2, 0) is 19.1 Å². The molecular weight excluding hydrogens is 372 g/mol. The third-order valence-corrected chi connectivity index (χ3v) is 4.96. The largest absolute Gasteiger partial charge is 0.507 e. The zero-order valence-electron chi connectivity index (χ0n) is 15.7. The molecule has 0 unspecified atom stereocenters. The van der Waals surface area contributed by atoms with Gasteiger partial charge in [0.25, 0.3) is 5.79 Å². The van der Waals surface area contributed by atoms with Gasteiger partial charge in [-0.25, -0.2) is 9.59 Å². The number of nitrogens with zero attached hydrogens (tertiary/aromatic N) is 2. The van der Waals surface area contributed by atoms with E-state index in [9.17, 15) is 14.7 Å². The number of carbonyl (C=O) groups excluding carboxylic acids is 2. The first-order valence-corrected chi connectivity index (χ1v) is 9.53. The van der Waals surface area contributed by atoms with Crippen molar-refractivity contribution in [3.63, 3.8) is 0 Å². The van der Waals surface area contributed by atoms with Crippen molar-refractivity contribution in [3.8, 4) is 5.75 Å². The Kier molecular flexibility index (Phi) is 5.12. The van der Waals surface area contributed by atoms with E-state index in [1.54, 1.807) is 12.1 Å². The van der Waals surface area contributed by atoms with Gasteiger partial charge < -0.3 is 14.6 Å². The van der Waals surface area contributed by atoms with Crippen LogP contribution in [0.15, 0.2) is 64.3 Å². The number of azo groups is 1. The van der Waals surface area contributed by atoms with Gasteiger partial charge in [0.2, 0.25) is 0 Å². The molecule has 0 atom stereocenters. The molecule has 1 saturated heterocycles. The molecular formula is C22H20N2O5. The van der Waals surface area contributed by atoms with Gasteiger partial charge in [-0.05, 0) is 43.2 Å². The van der Waals surface area contributed by atoms with Crippen LogP contribution in [0.1, 0.15) is 37.7 Å².